The van der Waals surface area contributed by atoms with E-state index in [0.29, 0.717) is 5.56 Å². The fourth-order valence-corrected chi connectivity index (χ4v) is 1.67. The van der Waals surface area contributed by atoms with Crippen molar-refractivity contribution in [3.63, 3.8) is 0 Å². The first-order chi connectivity index (χ1) is 8.13. The number of hydrogen-bond acceptors (Lipinski definition) is 2. The molecule has 0 spiro atoms. The van der Waals surface area contributed by atoms with Crippen molar-refractivity contribution in [1.29, 1.82) is 0 Å². The average Bonchev–Trinajstić information content (AvgIpc) is 2.28. The Hall–Kier alpha value is -1.44. The van der Waals surface area contributed by atoms with E-state index in [-0.39, 0.29) is 38.4 Å². The summed E-state index contributed by atoms with van der Waals surface area (Å²) in [5.74, 6) is -0.394. The van der Waals surface area contributed by atoms with Crippen LogP contribution in [-0.4, -0.2) is 10.1 Å². The number of benzene rings is 1. The minimum atomic E-state index is -0.433. The maximum absolute atomic E-state index is 11.3. The van der Waals surface area contributed by atoms with Crippen LogP contribution < -0.4 is 5.56 Å². The van der Waals surface area contributed by atoms with Gasteiger partial charge in [0.05, 0.1) is 6.57 Å². The van der Waals surface area contributed by atoms with Crippen molar-refractivity contribution in [3.05, 3.63) is 57.7 Å². The molecule has 0 fully saturated rings. The molecule has 2 N–H and O–H groups in total. The van der Waals surface area contributed by atoms with E-state index in [1.165, 1.54) is 6.07 Å². The zero-order valence-corrected chi connectivity index (χ0v) is 12.5. The van der Waals surface area contributed by atoms with Gasteiger partial charge in [-0.25, -0.2) is 4.85 Å². The molecule has 0 aliphatic carbocycles. The minimum Gasteiger partial charge on any atom is -0.503 e. The summed E-state index contributed by atoms with van der Waals surface area (Å²) in [5.41, 5.74) is 1.70. The Labute approximate surface area is 129 Å². The van der Waals surface area contributed by atoms with Crippen molar-refractivity contribution in [2.45, 2.75) is 6.92 Å². The first-order valence-electron chi connectivity index (χ1n) is 4.94. The molecular weight excluding hydrogens is 305 g/mol. The predicted octanol–water partition coefficient (Wildman–Crippen LogP) is 2.40. The van der Waals surface area contributed by atoms with Crippen molar-refractivity contribution < 1.29 is 37.8 Å². The largest absolute Gasteiger partial charge is 3.00 e. The van der Waals surface area contributed by atoms with Gasteiger partial charge in [-0.3, -0.25) is 4.79 Å². The fourth-order valence-electron chi connectivity index (χ4n) is 1.67. The topological polar surface area (TPSA) is 57.5 Å². The Morgan fingerprint density at radius 2 is 2.17 bits per heavy atom. The zero-order valence-electron chi connectivity index (χ0n) is 9.69. The fraction of sp³-hybridized carbons (Fsp3) is 0.0769. The standard InChI is InChI=1S/C13H9N2O2.Y/c1-8-5-3-4-6-9(8)10-7-11(16)15-13(17)12(10)14-2;/h4-7H,1H3,(H2,15,16,17);/q-1;+3. The second-order valence-electron chi connectivity index (χ2n) is 3.60. The van der Waals surface area contributed by atoms with Crippen molar-refractivity contribution in [2.24, 2.45) is 0 Å². The van der Waals surface area contributed by atoms with Crippen LogP contribution in [0.4, 0.5) is 5.69 Å². The van der Waals surface area contributed by atoms with Crippen LogP contribution in [0.5, 0.6) is 5.88 Å². The van der Waals surface area contributed by atoms with Crippen LogP contribution in [0.2, 0.25) is 0 Å². The summed E-state index contributed by atoms with van der Waals surface area (Å²) in [4.78, 5) is 16.8. The third-order valence-electron chi connectivity index (χ3n) is 2.47. The number of aryl methyl sites for hydroxylation is 1. The molecule has 1 aromatic carbocycles. The first-order valence-corrected chi connectivity index (χ1v) is 4.94. The molecule has 84 valence electrons. The monoisotopic (exact) mass is 314 g/mol. The number of aromatic amines is 1. The van der Waals surface area contributed by atoms with E-state index in [1.807, 2.05) is 6.92 Å². The second-order valence-corrected chi connectivity index (χ2v) is 3.60. The third kappa shape index (κ3) is 2.69. The summed E-state index contributed by atoms with van der Waals surface area (Å²) in [6, 6.07) is 9.46. The van der Waals surface area contributed by atoms with Crippen molar-refractivity contribution in [2.75, 3.05) is 0 Å². The average molecular weight is 314 g/mol. The molecule has 1 aromatic heterocycles. The summed E-state index contributed by atoms with van der Waals surface area (Å²) < 4.78 is 0. The molecule has 1 heterocycles. The maximum Gasteiger partial charge on any atom is 3.00 e. The molecule has 4 nitrogen and oxygen atoms in total. The van der Waals surface area contributed by atoms with E-state index in [9.17, 15) is 9.90 Å². The summed E-state index contributed by atoms with van der Waals surface area (Å²) in [6.45, 7) is 8.91. The van der Waals surface area contributed by atoms with Crippen LogP contribution in [0, 0.1) is 19.6 Å². The summed E-state index contributed by atoms with van der Waals surface area (Å²) in [7, 11) is 0. The van der Waals surface area contributed by atoms with Crippen LogP contribution in [-0.2, 0) is 32.7 Å². The SMILES string of the molecule is [C-]#[N+]c1c(-c2cc[c-]cc2C)cc(=O)[nH]c1O.[Y+3]. The van der Waals surface area contributed by atoms with Gasteiger partial charge in [-0.05, 0) is 11.6 Å². The van der Waals surface area contributed by atoms with Gasteiger partial charge < -0.3 is 10.1 Å². The van der Waals surface area contributed by atoms with E-state index in [1.54, 1.807) is 18.2 Å². The molecule has 0 atom stereocenters. The van der Waals surface area contributed by atoms with E-state index < -0.39 is 11.4 Å². The number of H-pyrrole nitrogens is 1. The Balaban J connectivity index is 0.00000162. The maximum atomic E-state index is 11.3. The van der Waals surface area contributed by atoms with Gasteiger partial charge in [0.2, 0.25) is 5.56 Å². The zero-order chi connectivity index (χ0) is 12.4. The van der Waals surface area contributed by atoms with Crippen molar-refractivity contribution in [1.82, 2.24) is 4.98 Å². The van der Waals surface area contributed by atoms with Crippen molar-refractivity contribution >= 4 is 5.69 Å². The molecule has 0 saturated heterocycles. The Morgan fingerprint density at radius 1 is 1.44 bits per heavy atom. The van der Waals surface area contributed by atoms with E-state index in [2.05, 4.69) is 15.9 Å². The molecule has 0 radical (unpaired) electrons. The molecular formula is C13H9N2O2Y+2. The van der Waals surface area contributed by atoms with Crippen molar-refractivity contribution in [3.8, 4) is 17.0 Å². The first kappa shape index (κ1) is 14.6. The Kier molecular flexibility index (Phi) is 4.83. The van der Waals surface area contributed by atoms with Crippen LogP contribution in [0.3, 0.4) is 0 Å². The second kappa shape index (κ2) is 5.95. The third-order valence-corrected chi connectivity index (χ3v) is 2.47. The van der Waals surface area contributed by atoms with Gasteiger partial charge in [-0.2, -0.15) is 29.8 Å². The molecule has 5 heteroatoms. The van der Waals surface area contributed by atoms with Gasteiger partial charge in [-0.15, -0.1) is 5.56 Å². The molecule has 0 amide bonds. The number of aromatic nitrogens is 1. The molecule has 0 bridgehead atoms. The summed E-state index contributed by atoms with van der Waals surface area (Å²) in [5, 5.41) is 9.55. The summed E-state index contributed by atoms with van der Waals surface area (Å²) in [6.07, 6.45) is 0. The van der Waals surface area contributed by atoms with Crippen LogP contribution in [0.15, 0.2) is 29.1 Å². The van der Waals surface area contributed by atoms with Gasteiger partial charge in [-0.1, -0.05) is 6.92 Å². The minimum absolute atomic E-state index is 0. The molecule has 2 aromatic rings. The normalized spacial score (nSPS) is 9.33. The van der Waals surface area contributed by atoms with E-state index in [0.717, 1.165) is 11.1 Å². The van der Waals surface area contributed by atoms with Gasteiger partial charge in [0.15, 0.2) is 5.88 Å². The van der Waals surface area contributed by atoms with Crippen LogP contribution >= 0.6 is 0 Å². The number of rotatable bonds is 1. The number of aromatic hydroxyl groups is 1. The Morgan fingerprint density at radius 3 is 2.78 bits per heavy atom. The van der Waals surface area contributed by atoms with Gasteiger partial charge >= 0.3 is 32.7 Å². The van der Waals surface area contributed by atoms with Gasteiger partial charge in [0.1, 0.15) is 0 Å². The molecule has 0 aliphatic rings. The molecule has 18 heavy (non-hydrogen) atoms. The van der Waals surface area contributed by atoms with Gasteiger partial charge in [0.25, 0.3) is 5.69 Å². The number of nitrogens with one attached hydrogen (secondary N) is 1. The Bertz CT molecular complexity index is 671. The molecule has 0 aliphatic heterocycles. The molecule has 0 saturated carbocycles. The van der Waals surface area contributed by atoms with Crippen LogP contribution in [0.25, 0.3) is 16.0 Å². The molecule has 2 rings (SSSR count). The number of pyridine rings is 1. The van der Waals surface area contributed by atoms with E-state index >= 15 is 0 Å². The van der Waals surface area contributed by atoms with E-state index in [4.69, 9.17) is 6.57 Å². The number of hydrogen-bond donors (Lipinski definition) is 2. The van der Waals surface area contributed by atoms with Gasteiger partial charge in [0, 0.05) is 0 Å². The predicted molar refractivity (Wildman–Crippen MR) is 64.0 cm³/mol. The smallest absolute Gasteiger partial charge is 0.503 e. The quantitative estimate of drug-likeness (QED) is 0.794. The van der Waals surface area contributed by atoms with Crippen LogP contribution in [0.1, 0.15) is 5.56 Å². The molecule has 0 unspecified atom stereocenters. The number of nitrogens with zero attached hydrogens (tertiary/aromatic N) is 1. The summed E-state index contributed by atoms with van der Waals surface area (Å²) >= 11 is 0.